The van der Waals surface area contributed by atoms with Gasteiger partial charge in [0.15, 0.2) is 0 Å². The van der Waals surface area contributed by atoms with E-state index in [1.807, 2.05) is 25.1 Å². The lowest BCUT2D eigenvalue weighted by molar-refractivity contribution is -0.0950. The van der Waals surface area contributed by atoms with Crippen LogP contribution >= 0.6 is 15.9 Å². The van der Waals surface area contributed by atoms with E-state index in [9.17, 15) is 9.18 Å². The zero-order valence-electron chi connectivity index (χ0n) is 17.1. The van der Waals surface area contributed by atoms with Gasteiger partial charge in [0.05, 0.1) is 16.6 Å². The molecule has 6 nitrogen and oxygen atoms in total. The highest BCUT2D eigenvalue weighted by Gasteiger charge is 2.35. The van der Waals surface area contributed by atoms with Crippen molar-refractivity contribution in [1.29, 1.82) is 0 Å². The fourth-order valence-corrected chi connectivity index (χ4v) is 4.71. The quantitative estimate of drug-likeness (QED) is 0.583. The lowest BCUT2D eigenvalue weighted by Gasteiger charge is -2.36. The van der Waals surface area contributed by atoms with Crippen LogP contribution in [0.1, 0.15) is 37.0 Å². The number of nitrogens with zero attached hydrogens (tertiary/aromatic N) is 1. The molecule has 0 bridgehead atoms. The molecule has 0 radical (unpaired) electrons. The molecule has 0 amide bonds. The summed E-state index contributed by atoms with van der Waals surface area (Å²) in [5, 5.41) is 0. The normalized spacial score (nSPS) is 17.2. The molecule has 1 fully saturated rings. The molecule has 1 aliphatic rings. The van der Waals surface area contributed by atoms with Crippen LogP contribution in [0.4, 0.5) is 4.39 Å². The Hall–Kier alpha value is -2.16. The summed E-state index contributed by atoms with van der Waals surface area (Å²) < 4.78 is 34.2. The maximum Gasteiger partial charge on any atom is 0.326 e. The van der Waals surface area contributed by atoms with E-state index in [0.717, 1.165) is 26.6 Å². The SMILES string of the molecule is COC1(c2cc(F)cc(OC(C)c3cc4c(cc3Br)[nH]c(=O)n4C)c2)CCOCC1. The van der Waals surface area contributed by atoms with Crippen LogP contribution in [-0.2, 0) is 22.1 Å². The Morgan fingerprint density at radius 2 is 1.97 bits per heavy atom. The van der Waals surface area contributed by atoms with Crippen molar-refractivity contribution in [3.05, 3.63) is 62.2 Å². The maximum absolute atomic E-state index is 14.5. The third kappa shape index (κ3) is 3.79. The number of methoxy groups -OCH3 is 1. The molecule has 8 heteroatoms. The predicted molar refractivity (Wildman–Crippen MR) is 115 cm³/mol. The zero-order chi connectivity index (χ0) is 21.5. The highest BCUT2D eigenvalue weighted by Crippen LogP contribution is 2.38. The third-order valence-corrected chi connectivity index (χ3v) is 6.55. The summed E-state index contributed by atoms with van der Waals surface area (Å²) in [6.07, 6.45) is 0.939. The summed E-state index contributed by atoms with van der Waals surface area (Å²) in [4.78, 5) is 14.7. The van der Waals surface area contributed by atoms with Crippen LogP contribution in [0.25, 0.3) is 11.0 Å². The first-order chi connectivity index (χ1) is 14.3. The number of benzene rings is 2. The molecule has 1 N–H and O–H groups in total. The molecule has 0 saturated carbocycles. The van der Waals surface area contributed by atoms with Gasteiger partial charge in [-0.15, -0.1) is 0 Å². The van der Waals surface area contributed by atoms with E-state index in [0.29, 0.717) is 31.8 Å². The molecule has 2 heterocycles. The van der Waals surface area contributed by atoms with Crippen molar-refractivity contribution in [2.24, 2.45) is 7.05 Å². The Morgan fingerprint density at radius 1 is 1.23 bits per heavy atom. The van der Waals surface area contributed by atoms with Gasteiger partial charge in [-0.2, -0.15) is 0 Å². The van der Waals surface area contributed by atoms with E-state index in [1.165, 1.54) is 12.1 Å². The molecule has 1 atom stereocenters. The minimum absolute atomic E-state index is 0.182. The molecule has 1 aromatic heterocycles. The van der Waals surface area contributed by atoms with Crippen molar-refractivity contribution in [3.63, 3.8) is 0 Å². The minimum atomic E-state index is -0.579. The maximum atomic E-state index is 14.5. The summed E-state index contributed by atoms with van der Waals surface area (Å²) in [7, 11) is 3.36. The van der Waals surface area contributed by atoms with Crippen molar-refractivity contribution in [3.8, 4) is 5.75 Å². The van der Waals surface area contributed by atoms with Gasteiger partial charge in [-0.25, -0.2) is 9.18 Å². The number of nitrogens with one attached hydrogen (secondary N) is 1. The summed E-state index contributed by atoms with van der Waals surface area (Å²) >= 11 is 3.56. The molecule has 160 valence electrons. The number of imidazole rings is 1. The average Bonchev–Trinajstić information content (AvgIpc) is 3.00. The van der Waals surface area contributed by atoms with Gasteiger partial charge < -0.3 is 19.2 Å². The molecule has 3 aromatic rings. The van der Waals surface area contributed by atoms with Crippen molar-refractivity contribution < 1.29 is 18.6 Å². The number of rotatable bonds is 5. The largest absolute Gasteiger partial charge is 0.486 e. The van der Waals surface area contributed by atoms with Crippen LogP contribution in [0.3, 0.4) is 0 Å². The van der Waals surface area contributed by atoms with Gasteiger partial charge in [-0.05, 0) is 36.8 Å². The molecule has 1 saturated heterocycles. The summed E-state index contributed by atoms with van der Waals surface area (Å²) in [6.45, 7) is 3.03. The Labute approximate surface area is 182 Å². The standard InChI is InChI=1S/C22H24BrFN2O4/c1-13(17-11-20-19(12-18(17)23)25-21(27)26(20)2)30-16-9-14(8-15(24)10-16)22(28-3)4-6-29-7-5-22/h8-13H,4-7H2,1-3H3,(H,25,27). The lowest BCUT2D eigenvalue weighted by Crippen LogP contribution is -2.35. The van der Waals surface area contributed by atoms with Gasteiger partial charge in [0.2, 0.25) is 0 Å². The van der Waals surface area contributed by atoms with Gasteiger partial charge in [0.1, 0.15) is 17.7 Å². The number of ether oxygens (including phenoxy) is 3. The van der Waals surface area contributed by atoms with E-state index < -0.39 is 5.60 Å². The number of halogens is 2. The zero-order valence-corrected chi connectivity index (χ0v) is 18.7. The lowest BCUT2D eigenvalue weighted by atomic mass is 9.86. The summed E-state index contributed by atoms with van der Waals surface area (Å²) in [5.74, 6) is 0.0514. The van der Waals surface area contributed by atoms with Gasteiger partial charge in [0.25, 0.3) is 0 Å². The Kier molecular flexibility index (Phi) is 5.74. The molecular weight excluding hydrogens is 455 g/mol. The van der Waals surface area contributed by atoms with Crippen molar-refractivity contribution in [1.82, 2.24) is 9.55 Å². The number of aromatic nitrogens is 2. The number of H-pyrrole nitrogens is 1. The van der Waals surface area contributed by atoms with Crippen LogP contribution in [-0.4, -0.2) is 29.9 Å². The van der Waals surface area contributed by atoms with Crippen molar-refractivity contribution in [2.45, 2.75) is 31.5 Å². The number of aromatic amines is 1. The Balaban J connectivity index is 1.67. The van der Waals surface area contributed by atoms with E-state index >= 15 is 0 Å². The minimum Gasteiger partial charge on any atom is -0.486 e. The number of hydrogen-bond donors (Lipinski definition) is 1. The first-order valence-corrected chi connectivity index (χ1v) is 10.6. The fraction of sp³-hybridized carbons (Fsp3) is 0.409. The monoisotopic (exact) mass is 478 g/mol. The topological polar surface area (TPSA) is 65.5 Å². The van der Waals surface area contributed by atoms with Crippen LogP contribution in [0.2, 0.25) is 0 Å². The molecule has 0 aliphatic carbocycles. The first kappa shape index (κ1) is 21.1. The molecule has 1 aliphatic heterocycles. The average molecular weight is 479 g/mol. The van der Waals surface area contributed by atoms with E-state index in [4.69, 9.17) is 14.2 Å². The molecular formula is C22H24BrFN2O4. The molecule has 0 spiro atoms. The Morgan fingerprint density at radius 3 is 2.67 bits per heavy atom. The first-order valence-electron chi connectivity index (χ1n) is 9.82. The van der Waals surface area contributed by atoms with Crippen LogP contribution in [0.5, 0.6) is 5.75 Å². The van der Waals surface area contributed by atoms with Gasteiger partial charge in [-0.1, -0.05) is 15.9 Å². The molecule has 30 heavy (non-hydrogen) atoms. The predicted octanol–water partition coefficient (Wildman–Crippen LogP) is 4.56. The van der Waals surface area contributed by atoms with Gasteiger partial charge >= 0.3 is 5.69 Å². The number of aryl methyl sites for hydroxylation is 1. The number of hydrogen-bond acceptors (Lipinski definition) is 4. The van der Waals surface area contributed by atoms with Gasteiger partial charge in [-0.3, -0.25) is 4.57 Å². The van der Waals surface area contributed by atoms with E-state index in [2.05, 4.69) is 20.9 Å². The second-order valence-electron chi connectivity index (χ2n) is 7.63. The second-order valence-corrected chi connectivity index (χ2v) is 8.48. The fourth-order valence-electron chi connectivity index (χ4n) is 4.05. The Bertz CT molecular complexity index is 1130. The second kappa shape index (κ2) is 8.17. The molecule has 4 rings (SSSR count). The summed E-state index contributed by atoms with van der Waals surface area (Å²) in [5.41, 5.74) is 2.35. The smallest absolute Gasteiger partial charge is 0.326 e. The van der Waals surface area contributed by atoms with E-state index in [-0.39, 0.29) is 17.6 Å². The highest BCUT2D eigenvalue weighted by molar-refractivity contribution is 9.10. The van der Waals surface area contributed by atoms with Gasteiger partial charge in [0, 0.05) is 56.3 Å². The van der Waals surface area contributed by atoms with Crippen LogP contribution in [0.15, 0.2) is 39.6 Å². The molecule has 1 unspecified atom stereocenters. The van der Waals surface area contributed by atoms with Crippen LogP contribution < -0.4 is 10.4 Å². The van der Waals surface area contributed by atoms with Crippen molar-refractivity contribution in [2.75, 3.05) is 20.3 Å². The highest BCUT2D eigenvalue weighted by atomic mass is 79.9. The number of fused-ring (bicyclic) bond motifs is 1. The van der Waals surface area contributed by atoms with Crippen molar-refractivity contribution >= 4 is 27.0 Å². The van der Waals surface area contributed by atoms with Crippen LogP contribution in [0, 0.1) is 5.82 Å². The molecule has 2 aromatic carbocycles. The third-order valence-electron chi connectivity index (χ3n) is 5.86. The van der Waals surface area contributed by atoms with E-state index in [1.54, 1.807) is 18.7 Å². The summed E-state index contributed by atoms with van der Waals surface area (Å²) in [6, 6.07) is 8.47.